The molecule has 1 saturated carbocycles. The van der Waals surface area contributed by atoms with Gasteiger partial charge in [0.05, 0.1) is 10.6 Å². The lowest BCUT2D eigenvalue weighted by atomic mass is 10.0. The molecule has 3 rings (SSSR count). The number of anilines is 2. The lowest BCUT2D eigenvalue weighted by molar-refractivity contribution is -0.120. The number of nitrogens with zero attached hydrogens (tertiary/aromatic N) is 1. The molecule has 1 aliphatic rings. The van der Waals surface area contributed by atoms with E-state index in [0.717, 1.165) is 12.8 Å². The van der Waals surface area contributed by atoms with E-state index in [1.165, 1.54) is 29.3 Å². The van der Waals surface area contributed by atoms with Crippen molar-refractivity contribution in [2.45, 2.75) is 43.9 Å². The number of para-hydroxylation sites is 1. The maximum atomic E-state index is 13.0. The molecule has 0 bridgehead atoms. The van der Waals surface area contributed by atoms with Gasteiger partial charge in [-0.2, -0.15) is 0 Å². The number of carbonyl (C=O) groups is 1. The summed E-state index contributed by atoms with van der Waals surface area (Å²) in [6.45, 7) is 2.12. The molecule has 0 aromatic heterocycles. The number of benzene rings is 2. The van der Waals surface area contributed by atoms with Crippen molar-refractivity contribution in [2.75, 3.05) is 16.2 Å². The summed E-state index contributed by atoms with van der Waals surface area (Å²) in [5.41, 5.74) is 1.23. The Morgan fingerprint density at radius 2 is 1.70 bits per heavy atom. The average molecular weight is 446 g/mol. The Kier molecular flexibility index (Phi) is 7.44. The summed E-state index contributed by atoms with van der Waals surface area (Å²) in [4.78, 5) is 12.3. The van der Waals surface area contributed by atoms with Crippen LogP contribution in [0.1, 0.15) is 39.0 Å². The summed E-state index contributed by atoms with van der Waals surface area (Å²) in [5.74, 6) is 0.364. The van der Waals surface area contributed by atoms with Gasteiger partial charge in [-0.05, 0) is 74.3 Å². The first-order valence-electron chi connectivity index (χ1n) is 10.2. The van der Waals surface area contributed by atoms with Crippen LogP contribution in [0.15, 0.2) is 59.5 Å². The van der Waals surface area contributed by atoms with Crippen LogP contribution in [0.25, 0.3) is 0 Å². The fourth-order valence-electron chi connectivity index (χ4n) is 3.74. The largest absolute Gasteiger partial charge is 0.332 e. The first-order valence-corrected chi connectivity index (χ1v) is 12.0. The second kappa shape index (κ2) is 10.0. The molecular formula is C22H27N3O3S2. The summed E-state index contributed by atoms with van der Waals surface area (Å²) >= 11 is 5.21. The number of amides is 1. The smallest absolute Gasteiger partial charge is 0.264 e. The monoisotopic (exact) mass is 445 g/mol. The third kappa shape index (κ3) is 5.58. The number of nitrogens with one attached hydrogen (secondary N) is 2. The topological polar surface area (TPSA) is 78.5 Å². The van der Waals surface area contributed by atoms with E-state index in [0.29, 0.717) is 30.3 Å². The number of sulfonamides is 1. The van der Waals surface area contributed by atoms with Gasteiger partial charge < -0.3 is 10.6 Å². The standard InChI is InChI=1S/C22H27N3O3S2/c1-2-25(19-10-4-3-5-11-19)30(27,28)20-14-12-18(13-15-20)23-22(29)24-21(26)16-17-8-6-7-9-17/h3-5,10-15,17H,2,6-9,16H2,1H3,(H2,23,24,26,29). The van der Waals surface area contributed by atoms with Gasteiger partial charge in [-0.1, -0.05) is 31.0 Å². The van der Waals surface area contributed by atoms with E-state index in [9.17, 15) is 13.2 Å². The van der Waals surface area contributed by atoms with Gasteiger partial charge in [-0.3, -0.25) is 9.10 Å². The van der Waals surface area contributed by atoms with Crippen molar-refractivity contribution in [1.82, 2.24) is 5.32 Å². The van der Waals surface area contributed by atoms with Crippen molar-refractivity contribution < 1.29 is 13.2 Å². The number of hydrogen-bond acceptors (Lipinski definition) is 4. The number of hydrogen-bond donors (Lipinski definition) is 2. The molecule has 0 heterocycles. The SMILES string of the molecule is CCN(c1ccccc1)S(=O)(=O)c1ccc(NC(=S)NC(=O)CC2CCCC2)cc1. The van der Waals surface area contributed by atoms with Crippen molar-refractivity contribution in [1.29, 1.82) is 0 Å². The molecule has 2 N–H and O–H groups in total. The zero-order valence-corrected chi connectivity index (χ0v) is 18.6. The Labute approximate surface area is 183 Å². The number of carbonyl (C=O) groups excluding carboxylic acids is 1. The van der Waals surface area contributed by atoms with Gasteiger partial charge >= 0.3 is 0 Å². The summed E-state index contributed by atoms with van der Waals surface area (Å²) in [6, 6.07) is 15.3. The summed E-state index contributed by atoms with van der Waals surface area (Å²) in [6.07, 6.45) is 5.07. The van der Waals surface area contributed by atoms with Crippen molar-refractivity contribution in [3.8, 4) is 0 Å². The molecule has 2 aromatic carbocycles. The molecule has 30 heavy (non-hydrogen) atoms. The Morgan fingerprint density at radius 1 is 1.07 bits per heavy atom. The molecule has 0 atom stereocenters. The van der Waals surface area contributed by atoms with Crippen molar-refractivity contribution >= 4 is 44.6 Å². The molecule has 6 nitrogen and oxygen atoms in total. The van der Waals surface area contributed by atoms with Crippen LogP contribution in [0.5, 0.6) is 0 Å². The van der Waals surface area contributed by atoms with Crippen LogP contribution in [-0.4, -0.2) is 26.0 Å². The Morgan fingerprint density at radius 3 is 2.30 bits per heavy atom. The van der Waals surface area contributed by atoms with Gasteiger partial charge in [0.2, 0.25) is 5.91 Å². The second-order valence-corrected chi connectivity index (χ2v) is 9.66. The third-order valence-electron chi connectivity index (χ3n) is 5.23. The van der Waals surface area contributed by atoms with Gasteiger partial charge in [0.15, 0.2) is 5.11 Å². The number of thiocarbonyl (C=S) groups is 1. The van der Waals surface area contributed by atoms with Crippen LogP contribution in [0, 0.1) is 5.92 Å². The van der Waals surface area contributed by atoms with Crippen LogP contribution < -0.4 is 14.9 Å². The van der Waals surface area contributed by atoms with Gasteiger partial charge in [0.1, 0.15) is 0 Å². The highest BCUT2D eigenvalue weighted by atomic mass is 32.2. The van der Waals surface area contributed by atoms with Crippen LogP contribution in [0.4, 0.5) is 11.4 Å². The van der Waals surface area contributed by atoms with Crippen molar-refractivity contribution in [2.24, 2.45) is 5.92 Å². The molecule has 0 aliphatic heterocycles. The minimum atomic E-state index is -3.68. The van der Waals surface area contributed by atoms with E-state index >= 15 is 0 Å². The summed E-state index contributed by atoms with van der Waals surface area (Å²) in [7, 11) is -3.68. The van der Waals surface area contributed by atoms with Gasteiger partial charge in [-0.25, -0.2) is 8.42 Å². The van der Waals surface area contributed by atoms with E-state index in [-0.39, 0.29) is 15.9 Å². The van der Waals surface area contributed by atoms with Gasteiger partial charge in [-0.15, -0.1) is 0 Å². The Hall–Kier alpha value is -2.45. The zero-order valence-electron chi connectivity index (χ0n) is 17.0. The zero-order chi connectivity index (χ0) is 21.6. The van der Waals surface area contributed by atoms with Crippen molar-refractivity contribution in [3.63, 3.8) is 0 Å². The molecule has 1 fully saturated rings. The molecule has 160 valence electrons. The lowest BCUT2D eigenvalue weighted by Crippen LogP contribution is -2.35. The van der Waals surface area contributed by atoms with Gasteiger partial charge in [0.25, 0.3) is 10.0 Å². The highest BCUT2D eigenvalue weighted by Gasteiger charge is 2.23. The second-order valence-electron chi connectivity index (χ2n) is 7.39. The van der Waals surface area contributed by atoms with E-state index in [4.69, 9.17) is 12.2 Å². The maximum Gasteiger partial charge on any atom is 0.264 e. The highest BCUT2D eigenvalue weighted by molar-refractivity contribution is 7.92. The predicted molar refractivity (Wildman–Crippen MR) is 124 cm³/mol. The van der Waals surface area contributed by atoms with E-state index in [1.54, 1.807) is 31.2 Å². The molecule has 0 spiro atoms. The van der Waals surface area contributed by atoms with E-state index in [2.05, 4.69) is 10.6 Å². The molecule has 2 aromatic rings. The van der Waals surface area contributed by atoms with Crippen LogP contribution in [0.3, 0.4) is 0 Å². The molecule has 0 radical (unpaired) electrons. The molecule has 0 saturated heterocycles. The first kappa shape index (κ1) is 22.2. The maximum absolute atomic E-state index is 13.0. The Balaban J connectivity index is 1.62. The van der Waals surface area contributed by atoms with E-state index in [1.807, 2.05) is 18.2 Å². The fourth-order valence-corrected chi connectivity index (χ4v) is 5.45. The minimum absolute atomic E-state index is 0.0833. The van der Waals surface area contributed by atoms with Crippen LogP contribution >= 0.6 is 12.2 Å². The molecule has 1 amide bonds. The lowest BCUT2D eigenvalue weighted by Gasteiger charge is -2.23. The average Bonchev–Trinajstić information content (AvgIpc) is 3.22. The van der Waals surface area contributed by atoms with Gasteiger partial charge in [0, 0.05) is 18.7 Å². The third-order valence-corrected chi connectivity index (χ3v) is 7.35. The van der Waals surface area contributed by atoms with E-state index < -0.39 is 10.0 Å². The van der Waals surface area contributed by atoms with Crippen molar-refractivity contribution in [3.05, 3.63) is 54.6 Å². The van der Waals surface area contributed by atoms with Crippen LogP contribution in [0.2, 0.25) is 0 Å². The predicted octanol–water partition coefficient (Wildman–Crippen LogP) is 4.30. The molecule has 0 unspecified atom stereocenters. The first-order chi connectivity index (χ1) is 14.4. The Bertz CT molecular complexity index is 970. The normalized spacial score (nSPS) is 14.3. The summed E-state index contributed by atoms with van der Waals surface area (Å²) in [5, 5.41) is 5.86. The molecule has 1 aliphatic carbocycles. The minimum Gasteiger partial charge on any atom is -0.332 e. The summed E-state index contributed by atoms with van der Waals surface area (Å²) < 4.78 is 27.4. The fraction of sp³-hybridized carbons (Fsp3) is 0.364. The highest BCUT2D eigenvalue weighted by Crippen LogP contribution is 2.27. The molecular weight excluding hydrogens is 418 g/mol. The van der Waals surface area contributed by atoms with Crippen LogP contribution in [-0.2, 0) is 14.8 Å². The number of rotatable bonds is 7. The quantitative estimate of drug-likeness (QED) is 0.622. The molecule has 8 heteroatoms.